The summed E-state index contributed by atoms with van der Waals surface area (Å²) in [5.74, 6) is -0.936. The van der Waals surface area contributed by atoms with Gasteiger partial charge in [0.2, 0.25) is 0 Å². The van der Waals surface area contributed by atoms with Crippen molar-refractivity contribution in [2.45, 2.75) is 6.92 Å². The molecule has 0 aliphatic heterocycles. The number of hydrazone groups is 1. The molecule has 0 saturated carbocycles. The molecule has 1 amide bonds. The summed E-state index contributed by atoms with van der Waals surface area (Å²) < 4.78 is 13.4. The van der Waals surface area contributed by atoms with Gasteiger partial charge in [-0.05, 0) is 31.2 Å². The Morgan fingerprint density at radius 3 is 2.85 bits per heavy atom. The van der Waals surface area contributed by atoms with E-state index in [1.807, 2.05) is 6.92 Å². The molecule has 1 aromatic carbocycles. The highest BCUT2D eigenvalue weighted by atomic mass is 35.5. The Hall–Kier alpha value is -2.27. The number of hydrogen-bond donors (Lipinski definition) is 1. The van der Waals surface area contributed by atoms with Crippen molar-refractivity contribution in [2.24, 2.45) is 5.10 Å². The monoisotopic (exact) mass is 291 g/mol. The maximum atomic E-state index is 13.4. The normalized spacial score (nSPS) is 10.8. The predicted octanol–water partition coefficient (Wildman–Crippen LogP) is 2.95. The number of aromatic nitrogens is 1. The number of amides is 1. The fourth-order valence-corrected chi connectivity index (χ4v) is 1.67. The van der Waals surface area contributed by atoms with E-state index >= 15 is 0 Å². The maximum Gasteiger partial charge on any atom is 0.272 e. The Morgan fingerprint density at radius 2 is 2.20 bits per heavy atom. The number of carbonyl (C=O) groups excluding carboxylic acids is 1. The lowest BCUT2D eigenvalue weighted by atomic mass is 10.2. The largest absolute Gasteiger partial charge is 0.272 e. The van der Waals surface area contributed by atoms with Gasteiger partial charge in [-0.25, -0.2) is 9.82 Å². The van der Waals surface area contributed by atoms with Crippen LogP contribution in [0, 0.1) is 12.7 Å². The lowest BCUT2D eigenvalue weighted by molar-refractivity contribution is 0.0954. The summed E-state index contributed by atoms with van der Waals surface area (Å²) in [4.78, 5) is 15.7. The van der Waals surface area contributed by atoms with Crippen LogP contribution >= 0.6 is 11.6 Å². The van der Waals surface area contributed by atoms with E-state index in [-0.39, 0.29) is 10.6 Å². The van der Waals surface area contributed by atoms with Crippen molar-refractivity contribution >= 4 is 23.7 Å². The first-order chi connectivity index (χ1) is 9.58. The number of benzene rings is 1. The number of halogens is 2. The van der Waals surface area contributed by atoms with Gasteiger partial charge in [0, 0.05) is 17.5 Å². The maximum absolute atomic E-state index is 13.4. The van der Waals surface area contributed by atoms with Crippen molar-refractivity contribution in [1.82, 2.24) is 10.4 Å². The van der Waals surface area contributed by atoms with Crippen molar-refractivity contribution in [3.8, 4) is 0 Å². The second kappa shape index (κ2) is 6.25. The number of hydrogen-bond acceptors (Lipinski definition) is 3. The van der Waals surface area contributed by atoms with Crippen LogP contribution in [0.3, 0.4) is 0 Å². The van der Waals surface area contributed by atoms with Gasteiger partial charge in [0.1, 0.15) is 5.82 Å². The number of pyridine rings is 1. The van der Waals surface area contributed by atoms with Gasteiger partial charge in [-0.15, -0.1) is 0 Å². The number of aryl methyl sites for hydroxylation is 1. The molecule has 1 aromatic heterocycles. The Kier molecular flexibility index (Phi) is 4.42. The smallest absolute Gasteiger partial charge is 0.267 e. The molecule has 6 heteroatoms. The van der Waals surface area contributed by atoms with Crippen molar-refractivity contribution in [2.75, 3.05) is 0 Å². The van der Waals surface area contributed by atoms with Gasteiger partial charge in [-0.3, -0.25) is 9.78 Å². The Balaban J connectivity index is 2.06. The van der Waals surface area contributed by atoms with Gasteiger partial charge >= 0.3 is 0 Å². The van der Waals surface area contributed by atoms with E-state index in [4.69, 9.17) is 11.6 Å². The predicted molar refractivity (Wildman–Crippen MR) is 75.4 cm³/mol. The molecule has 4 nitrogen and oxygen atoms in total. The van der Waals surface area contributed by atoms with Gasteiger partial charge in [-0.1, -0.05) is 17.7 Å². The average molecular weight is 292 g/mol. The van der Waals surface area contributed by atoms with Crippen molar-refractivity contribution in [3.05, 3.63) is 64.2 Å². The summed E-state index contributed by atoms with van der Waals surface area (Å²) in [6.07, 6.45) is 2.60. The highest BCUT2D eigenvalue weighted by Crippen LogP contribution is 2.16. The minimum atomic E-state index is -0.507. The lowest BCUT2D eigenvalue weighted by Crippen LogP contribution is -2.18. The lowest BCUT2D eigenvalue weighted by Gasteiger charge is -2.01. The fraction of sp³-hybridized carbons (Fsp3) is 0.0714. The molecule has 2 rings (SSSR count). The fourth-order valence-electron chi connectivity index (χ4n) is 1.46. The first-order valence-electron chi connectivity index (χ1n) is 5.78. The van der Waals surface area contributed by atoms with Crippen LogP contribution in [-0.2, 0) is 0 Å². The molecule has 1 N–H and O–H groups in total. The van der Waals surface area contributed by atoms with E-state index in [2.05, 4.69) is 15.5 Å². The molecule has 0 unspecified atom stereocenters. The Morgan fingerprint density at radius 1 is 1.40 bits per heavy atom. The molecule has 0 aliphatic carbocycles. The number of carbonyl (C=O) groups is 1. The highest BCUT2D eigenvalue weighted by molar-refractivity contribution is 6.33. The Labute approximate surface area is 120 Å². The topological polar surface area (TPSA) is 54.4 Å². The van der Waals surface area contributed by atoms with E-state index < -0.39 is 11.7 Å². The summed E-state index contributed by atoms with van der Waals surface area (Å²) in [7, 11) is 0. The van der Waals surface area contributed by atoms with E-state index in [0.29, 0.717) is 5.56 Å². The van der Waals surface area contributed by atoms with Gasteiger partial charge in [0.25, 0.3) is 5.91 Å². The molecule has 20 heavy (non-hydrogen) atoms. The molecule has 0 aliphatic rings. The summed E-state index contributed by atoms with van der Waals surface area (Å²) in [6.45, 7) is 1.82. The standard InChI is InChI=1S/C14H11ClFN3O/c1-9-5-6-10(7-17-9)14(20)19-18-8-11-12(15)3-2-4-13(11)16/h2-8H,1H3,(H,19,20)/b18-8-. The van der Waals surface area contributed by atoms with Crippen LogP contribution in [0.1, 0.15) is 21.6 Å². The molecule has 0 atom stereocenters. The quantitative estimate of drug-likeness (QED) is 0.698. The van der Waals surface area contributed by atoms with E-state index in [1.165, 1.54) is 24.4 Å². The van der Waals surface area contributed by atoms with Gasteiger partial charge in [0.15, 0.2) is 0 Å². The number of rotatable bonds is 3. The van der Waals surface area contributed by atoms with Crippen molar-refractivity contribution in [1.29, 1.82) is 0 Å². The molecule has 0 spiro atoms. The van der Waals surface area contributed by atoms with E-state index in [0.717, 1.165) is 11.9 Å². The van der Waals surface area contributed by atoms with Crippen LogP contribution in [0.4, 0.5) is 4.39 Å². The molecule has 0 bridgehead atoms. The number of nitrogens with one attached hydrogen (secondary N) is 1. The molecule has 1 heterocycles. The van der Waals surface area contributed by atoms with Gasteiger partial charge in [0.05, 0.1) is 16.8 Å². The third-order valence-corrected chi connectivity index (χ3v) is 2.86. The molecular formula is C14H11ClFN3O. The average Bonchev–Trinajstić information content (AvgIpc) is 2.42. The molecule has 0 fully saturated rings. The SMILES string of the molecule is Cc1ccc(C(=O)N/N=C\c2c(F)cccc2Cl)cn1. The van der Waals surface area contributed by atoms with Crippen LogP contribution in [0.2, 0.25) is 5.02 Å². The molecule has 2 aromatic rings. The Bertz CT molecular complexity index is 636. The first-order valence-corrected chi connectivity index (χ1v) is 6.16. The number of nitrogens with zero attached hydrogens (tertiary/aromatic N) is 2. The summed E-state index contributed by atoms with van der Waals surface area (Å²) in [5.41, 5.74) is 3.58. The molecular weight excluding hydrogens is 281 g/mol. The first kappa shape index (κ1) is 14.1. The summed E-state index contributed by atoms with van der Waals surface area (Å²) in [5, 5.41) is 3.91. The second-order valence-electron chi connectivity index (χ2n) is 4.02. The van der Waals surface area contributed by atoms with Crippen LogP contribution in [0.15, 0.2) is 41.6 Å². The van der Waals surface area contributed by atoms with E-state index in [9.17, 15) is 9.18 Å². The minimum Gasteiger partial charge on any atom is -0.267 e. The zero-order valence-corrected chi connectivity index (χ0v) is 11.4. The van der Waals surface area contributed by atoms with Crippen LogP contribution in [0.25, 0.3) is 0 Å². The van der Waals surface area contributed by atoms with Crippen LogP contribution in [-0.4, -0.2) is 17.1 Å². The zero-order chi connectivity index (χ0) is 14.5. The molecule has 102 valence electrons. The summed E-state index contributed by atoms with van der Waals surface area (Å²) >= 11 is 5.83. The zero-order valence-electron chi connectivity index (χ0n) is 10.6. The van der Waals surface area contributed by atoms with Gasteiger partial charge < -0.3 is 0 Å². The minimum absolute atomic E-state index is 0.122. The third kappa shape index (κ3) is 3.39. The van der Waals surface area contributed by atoms with Crippen molar-refractivity contribution < 1.29 is 9.18 Å². The molecule has 0 saturated heterocycles. The van der Waals surface area contributed by atoms with Crippen LogP contribution in [0.5, 0.6) is 0 Å². The highest BCUT2D eigenvalue weighted by Gasteiger charge is 2.06. The molecule has 0 radical (unpaired) electrons. The van der Waals surface area contributed by atoms with Crippen molar-refractivity contribution in [3.63, 3.8) is 0 Å². The third-order valence-electron chi connectivity index (χ3n) is 2.53. The van der Waals surface area contributed by atoms with E-state index in [1.54, 1.807) is 12.1 Å². The van der Waals surface area contributed by atoms with Gasteiger partial charge in [-0.2, -0.15) is 5.10 Å². The summed E-state index contributed by atoms with van der Waals surface area (Å²) in [6, 6.07) is 7.64. The van der Waals surface area contributed by atoms with Crippen LogP contribution < -0.4 is 5.43 Å². The second-order valence-corrected chi connectivity index (χ2v) is 4.43.